The third-order valence-corrected chi connectivity index (χ3v) is 3.38. The summed E-state index contributed by atoms with van der Waals surface area (Å²) in [6, 6.07) is 10.1. The Morgan fingerprint density at radius 2 is 2.11 bits per heavy atom. The lowest BCUT2D eigenvalue weighted by molar-refractivity contribution is 0.0988. The number of ketones is 1. The zero-order chi connectivity index (χ0) is 12.1. The molecule has 3 aromatic rings. The maximum atomic E-state index is 12.1. The van der Waals surface area contributed by atoms with Gasteiger partial charge in [0.2, 0.25) is 0 Å². The summed E-state index contributed by atoms with van der Waals surface area (Å²) in [5.41, 5.74) is 3.50. The van der Waals surface area contributed by atoms with E-state index < -0.39 is 0 Å². The highest BCUT2D eigenvalue weighted by Gasteiger charge is 2.19. The molecule has 2 heterocycles. The van der Waals surface area contributed by atoms with E-state index in [1.807, 2.05) is 40.9 Å². The fourth-order valence-corrected chi connectivity index (χ4v) is 2.60. The van der Waals surface area contributed by atoms with E-state index in [4.69, 9.17) is 0 Å². The molecule has 1 aliphatic carbocycles. The number of Topliss-reactive ketones (excluding diaryl/α,β-unsaturated/α-hetero) is 1. The number of carbonyl (C=O) groups is 1. The highest BCUT2D eigenvalue weighted by atomic mass is 16.1. The number of para-hydroxylation sites is 1. The van der Waals surface area contributed by atoms with Gasteiger partial charge in [-0.25, -0.2) is 0 Å². The number of hydrogen-bond donors (Lipinski definition) is 0. The summed E-state index contributed by atoms with van der Waals surface area (Å²) in [5.74, 6) is 0.131. The lowest BCUT2D eigenvalue weighted by Gasteiger charge is -2.11. The van der Waals surface area contributed by atoms with Gasteiger partial charge in [-0.05, 0) is 18.2 Å². The minimum Gasteiger partial charge on any atom is -0.303 e. The van der Waals surface area contributed by atoms with Gasteiger partial charge >= 0.3 is 0 Å². The van der Waals surface area contributed by atoms with Crippen LogP contribution in [0.1, 0.15) is 22.6 Å². The first-order chi connectivity index (χ1) is 8.84. The summed E-state index contributed by atoms with van der Waals surface area (Å²) in [7, 11) is 0. The number of hydrogen-bond acceptors (Lipinski definition) is 2. The molecule has 86 valence electrons. The second-order valence-corrected chi connectivity index (χ2v) is 4.49. The zero-order valence-electron chi connectivity index (χ0n) is 9.63. The van der Waals surface area contributed by atoms with Gasteiger partial charge in [-0.1, -0.05) is 24.3 Å². The first kappa shape index (κ1) is 9.59. The second-order valence-electron chi connectivity index (χ2n) is 4.49. The Hall–Kier alpha value is -2.42. The number of benzene rings is 1. The van der Waals surface area contributed by atoms with Crippen LogP contribution in [0.3, 0.4) is 0 Å². The monoisotopic (exact) mass is 234 g/mol. The molecule has 4 rings (SSSR count). The van der Waals surface area contributed by atoms with Crippen LogP contribution in [0.4, 0.5) is 0 Å². The van der Waals surface area contributed by atoms with Crippen molar-refractivity contribution >= 4 is 28.3 Å². The van der Waals surface area contributed by atoms with E-state index in [0.29, 0.717) is 12.1 Å². The van der Waals surface area contributed by atoms with Crippen LogP contribution in [0.2, 0.25) is 0 Å². The van der Waals surface area contributed by atoms with Gasteiger partial charge in [0.15, 0.2) is 5.78 Å². The molecular weight excluding hydrogens is 224 g/mol. The summed E-state index contributed by atoms with van der Waals surface area (Å²) < 4.78 is 2.02. The topological polar surface area (TPSA) is 34.4 Å². The van der Waals surface area contributed by atoms with Crippen LogP contribution in [0.15, 0.2) is 42.6 Å². The molecule has 0 fully saturated rings. The lowest BCUT2D eigenvalue weighted by atomic mass is 10.1. The molecule has 3 heteroatoms. The van der Waals surface area contributed by atoms with Crippen molar-refractivity contribution < 1.29 is 4.79 Å². The van der Waals surface area contributed by atoms with Crippen LogP contribution in [-0.2, 0) is 0 Å². The van der Waals surface area contributed by atoms with E-state index >= 15 is 0 Å². The number of nitrogens with zero attached hydrogens (tertiary/aromatic N) is 2. The molecule has 0 N–H and O–H groups in total. The van der Waals surface area contributed by atoms with Gasteiger partial charge in [-0.15, -0.1) is 0 Å². The molecule has 0 amide bonds. The van der Waals surface area contributed by atoms with E-state index in [1.54, 1.807) is 0 Å². The molecule has 3 nitrogen and oxygen atoms in total. The fraction of sp³-hybridized carbons (Fsp3) is 0.0667. The molecule has 0 bridgehead atoms. The van der Waals surface area contributed by atoms with Crippen LogP contribution < -0.4 is 0 Å². The molecule has 0 radical (unpaired) electrons. The molecule has 1 aliphatic rings. The van der Waals surface area contributed by atoms with Gasteiger partial charge in [0.25, 0.3) is 0 Å². The third-order valence-electron chi connectivity index (χ3n) is 3.38. The minimum absolute atomic E-state index is 0.131. The van der Waals surface area contributed by atoms with E-state index in [0.717, 1.165) is 22.1 Å². The van der Waals surface area contributed by atoms with Crippen LogP contribution >= 0.6 is 0 Å². The maximum Gasteiger partial charge on any atom is 0.185 e. The number of aromatic nitrogens is 2. The predicted octanol–water partition coefficient (Wildman–Crippen LogP) is 3.09. The van der Waals surface area contributed by atoms with E-state index in [2.05, 4.69) is 17.1 Å². The van der Waals surface area contributed by atoms with Crippen LogP contribution in [-0.4, -0.2) is 15.2 Å². The molecule has 0 saturated carbocycles. The predicted molar refractivity (Wildman–Crippen MR) is 70.7 cm³/mol. The number of rotatable bonds is 0. The van der Waals surface area contributed by atoms with Gasteiger partial charge in [0.05, 0.1) is 22.9 Å². The second kappa shape index (κ2) is 3.29. The third kappa shape index (κ3) is 1.13. The van der Waals surface area contributed by atoms with Crippen LogP contribution in [0.25, 0.3) is 22.5 Å². The van der Waals surface area contributed by atoms with Crippen molar-refractivity contribution in [3.63, 3.8) is 0 Å². The van der Waals surface area contributed by atoms with Gasteiger partial charge in [-0.2, -0.15) is 0 Å². The molecule has 0 atom stereocenters. The van der Waals surface area contributed by atoms with Crippen molar-refractivity contribution in [3.8, 4) is 0 Å². The molecular formula is C15H10N2O. The molecule has 0 saturated heterocycles. The summed E-state index contributed by atoms with van der Waals surface area (Å²) >= 11 is 0. The van der Waals surface area contributed by atoms with Crippen molar-refractivity contribution in [1.82, 2.24) is 9.38 Å². The molecule has 0 unspecified atom stereocenters. The van der Waals surface area contributed by atoms with Gasteiger partial charge in [-0.3, -0.25) is 9.78 Å². The molecule has 1 aromatic carbocycles. The Morgan fingerprint density at radius 3 is 3.06 bits per heavy atom. The van der Waals surface area contributed by atoms with Gasteiger partial charge in [0, 0.05) is 11.8 Å². The molecule has 18 heavy (non-hydrogen) atoms. The van der Waals surface area contributed by atoms with E-state index in [1.165, 1.54) is 0 Å². The van der Waals surface area contributed by atoms with Crippen LogP contribution in [0, 0.1) is 0 Å². The lowest BCUT2D eigenvalue weighted by Crippen LogP contribution is -2.12. The molecule has 2 aromatic heterocycles. The summed E-state index contributed by atoms with van der Waals surface area (Å²) in [4.78, 5) is 16.5. The van der Waals surface area contributed by atoms with Crippen LogP contribution in [0.5, 0.6) is 0 Å². The Bertz CT molecular complexity index is 827. The zero-order valence-corrected chi connectivity index (χ0v) is 9.63. The quantitative estimate of drug-likeness (QED) is 0.599. The van der Waals surface area contributed by atoms with Crippen molar-refractivity contribution in [1.29, 1.82) is 0 Å². The van der Waals surface area contributed by atoms with Crippen molar-refractivity contribution in [2.24, 2.45) is 0 Å². The minimum atomic E-state index is 0.131. The first-order valence-electron chi connectivity index (χ1n) is 5.93. The van der Waals surface area contributed by atoms with Crippen molar-refractivity contribution in [3.05, 3.63) is 54.0 Å². The Morgan fingerprint density at radius 1 is 1.22 bits per heavy atom. The van der Waals surface area contributed by atoms with Crippen molar-refractivity contribution in [2.45, 2.75) is 6.42 Å². The summed E-state index contributed by atoms with van der Waals surface area (Å²) in [5, 5.41) is 1.13. The number of fused-ring (bicyclic) bond motifs is 5. The maximum absolute atomic E-state index is 12.1. The Kier molecular flexibility index (Phi) is 1.75. The largest absolute Gasteiger partial charge is 0.303 e. The van der Waals surface area contributed by atoms with Crippen molar-refractivity contribution in [2.75, 3.05) is 0 Å². The van der Waals surface area contributed by atoms with Gasteiger partial charge < -0.3 is 4.40 Å². The normalized spacial score (nSPS) is 14.3. The summed E-state index contributed by atoms with van der Waals surface area (Å²) in [6.07, 6.45) is 6.07. The average molecular weight is 234 g/mol. The first-order valence-corrected chi connectivity index (χ1v) is 5.93. The fourth-order valence-electron chi connectivity index (χ4n) is 2.60. The van der Waals surface area contributed by atoms with E-state index in [9.17, 15) is 4.79 Å². The highest BCUT2D eigenvalue weighted by molar-refractivity contribution is 6.03. The number of carbonyl (C=O) groups excluding carboxylic acids is 1. The number of allylic oxidation sites excluding steroid dienone is 1. The molecule has 0 aliphatic heterocycles. The molecule has 0 spiro atoms. The Labute approximate surface area is 103 Å². The van der Waals surface area contributed by atoms with Gasteiger partial charge in [0.1, 0.15) is 5.69 Å². The smallest absolute Gasteiger partial charge is 0.185 e. The summed E-state index contributed by atoms with van der Waals surface area (Å²) in [6.45, 7) is 0. The SMILES string of the molecule is O=C1CC=Cc2ncc3cc4ccccc4n3c21. The highest BCUT2D eigenvalue weighted by Crippen LogP contribution is 2.25. The van der Waals surface area contributed by atoms with E-state index in [-0.39, 0.29) is 5.78 Å². The Balaban J connectivity index is 2.28. The average Bonchev–Trinajstić information content (AvgIpc) is 2.77. The standard InChI is InChI=1S/C15H10N2O/c18-14-7-3-5-12-15(14)17-11(9-16-12)8-10-4-1-2-6-13(10)17/h1-6,8-9H,7H2.